The van der Waals surface area contributed by atoms with E-state index in [0.717, 1.165) is 50.5 Å². The summed E-state index contributed by atoms with van der Waals surface area (Å²) in [6.45, 7) is 3.82. The minimum atomic E-state index is -5.08. The van der Waals surface area contributed by atoms with Crippen molar-refractivity contribution in [2.75, 3.05) is 32.1 Å². The van der Waals surface area contributed by atoms with Gasteiger partial charge in [-0.2, -0.15) is 26.3 Å². The van der Waals surface area contributed by atoms with Gasteiger partial charge in [0.1, 0.15) is 10.8 Å². The number of methoxy groups -OCH3 is 1. The Balaban J connectivity index is 0.000000301. The fourth-order valence-corrected chi connectivity index (χ4v) is 4.39. The molecule has 2 aromatic rings. The van der Waals surface area contributed by atoms with E-state index in [4.69, 9.17) is 29.3 Å². The van der Waals surface area contributed by atoms with Crippen molar-refractivity contribution in [1.29, 1.82) is 0 Å². The smallest absolute Gasteiger partial charge is 0.490 e. The van der Waals surface area contributed by atoms with Crippen LogP contribution >= 0.6 is 11.3 Å². The number of alkyl halides is 6. The highest BCUT2D eigenvalue weighted by atomic mass is 32.1. The molecule has 0 bridgehead atoms. The third kappa shape index (κ3) is 9.98. The molecular weight excluding hydrogens is 548 g/mol. The maximum absolute atomic E-state index is 10.6. The number of aliphatic carboxylic acids is 2. The van der Waals surface area contributed by atoms with E-state index in [1.165, 1.54) is 5.01 Å². The van der Waals surface area contributed by atoms with Crippen molar-refractivity contribution in [3.8, 4) is 5.75 Å². The Kier molecular flexibility index (Phi) is 10.7. The lowest BCUT2D eigenvalue weighted by Gasteiger charge is -2.23. The van der Waals surface area contributed by atoms with Crippen LogP contribution in [-0.4, -0.2) is 82.8 Å². The van der Waals surface area contributed by atoms with E-state index in [1.807, 2.05) is 23.7 Å². The van der Waals surface area contributed by atoms with Gasteiger partial charge in [0.2, 0.25) is 0 Å². The second-order valence-electron chi connectivity index (χ2n) is 8.26. The summed E-state index contributed by atoms with van der Waals surface area (Å²) in [5.41, 5.74) is 1.14. The molecule has 2 saturated heterocycles. The van der Waals surface area contributed by atoms with Crippen LogP contribution in [0.4, 0.5) is 32.0 Å². The minimum Gasteiger partial charge on any atom is -0.497 e. The van der Waals surface area contributed by atoms with Crippen LogP contribution in [0.25, 0.3) is 0 Å². The number of aromatic nitrogens is 1. The fraction of sp³-hybridized carbons (Fsp3) is 0.500. The monoisotopic (exact) mass is 573 g/mol. The molecule has 1 aromatic heterocycles. The maximum Gasteiger partial charge on any atom is 0.490 e. The molecule has 1 aromatic carbocycles. The second-order valence-corrected chi connectivity index (χ2v) is 9.24. The maximum atomic E-state index is 10.6. The molecule has 4 rings (SSSR count). The number of halogens is 6. The van der Waals surface area contributed by atoms with Crippen LogP contribution in [0.15, 0.2) is 35.8 Å². The van der Waals surface area contributed by atoms with Crippen molar-refractivity contribution in [1.82, 2.24) is 9.88 Å². The standard InChI is InChI=1S/C18H23N3O2S.2C2HF3O2/c1-22-16-4-2-14(3-5-16)20-15-10-18(23-12-15)6-8-21(13-18)11-17-19-7-9-24-17;2*3-2(4,5)1(6)7/h2-5,7,9,15,20H,6,8,10-13H2,1H3;2*(H,6,7). The van der Waals surface area contributed by atoms with Crippen LogP contribution in [0.3, 0.4) is 0 Å². The number of benzene rings is 1. The molecule has 16 heteroatoms. The topological polar surface area (TPSA) is 121 Å². The van der Waals surface area contributed by atoms with Gasteiger partial charge >= 0.3 is 24.3 Å². The Morgan fingerprint density at radius 1 is 1.16 bits per heavy atom. The van der Waals surface area contributed by atoms with Gasteiger partial charge in [-0.3, -0.25) is 4.90 Å². The molecule has 2 unspecified atom stereocenters. The third-order valence-electron chi connectivity index (χ3n) is 5.39. The van der Waals surface area contributed by atoms with E-state index in [9.17, 15) is 26.3 Å². The average Bonchev–Trinajstić information content (AvgIpc) is 3.57. The van der Waals surface area contributed by atoms with Crippen LogP contribution in [0.2, 0.25) is 0 Å². The van der Waals surface area contributed by atoms with E-state index >= 15 is 0 Å². The van der Waals surface area contributed by atoms with Crippen LogP contribution in [0.1, 0.15) is 17.8 Å². The van der Waals surface area contributed by atoms with Crippen molar-refractivity contribution >= 4 is 29.0 Å². The third-order valence-corrected chi connectivity index (χ3v) is 6.16. The molecule has 2 atom stereocenters. The lowest BCUT2D eigenvalue weighted by Crippen LogP contribution is -2.33. The summed E-state index contributed by atoms with van der Waals surface area (Å²) in [7, 11) is 1.69. The summed E-state index contributed by atoms with van der Waals surface area (Å²) in [6, 6.07) is 8.47. The fourth-order valence-electron chi connectivity index (χ4n) is 3.73. The van der Waals surface area contributed by atoms with Crippen molar-refractivity contribution in [3.05, 3.63) is 40.8 Å². The number of carbonyl (C=O) groups is 2. The molecule has 38 heavy (non-hydrogen) atoms. The molecule has 0 amide bonds. The predicted octanol–water partition coefficient (Wildman–Crippen LogP) is 4.26. The molecule has 2 aliphatic rings. The molecule has 0 radical (unpaired) electrons. The van der Waals surface area contributed by atoms with Gasteiger partial charge in [0.25, 0.3) is 0 Å². The molecular formula is C22H25F6N3O6S. The number of carboxylic acids is 2. The quantitative estimate of drug-likeness (QED) is 0.451. The van der Waals surface area contributed by atoms with Crippen LogP contribution < -0.4 is 10.1 Å². The van der Waals surface area contributed by atoms with E-state index in [-0.39, 0.29) is 5.60 Å². The van der Waals surface area contributed by atoms with Gasteiger partial charge in [-0.15, -0.1) is 11.3 Å². The summed E-state index contributed by atoms with van der Waals surface area (Å²) in [5.74, 6) is -4.63. The van der Waals surface area contributed by atoms with Crippen LogP contribution in [0.5, 0.6) is 5.75 Å². The number of carboxylic acid groups (broad SMARTS) is 2. The molecule has 0 aliphatic carbocycles. The molecule has 2 aliphatic heterocycles. The lowest BCUT2D eigenvalue weighted by molar-refractivity contribution is -0.193. The van der Waals surface area contributed by atoms with Crippen molar-refractivity contribution in [2.24, 2.45) is 0 Å². The van der Waals surface area contributed by atoms with Crippen LogP contribution in [0, 0.1) is 0 Å². The first-order chi connectivity index (χ1) is 17.6. The number of rotatable bonds is 5. The number of hydrogen-bond acceptors (Lipinski definition) is 8. The molecule has 1 spiro atoms. The van der Waals surface area contributed by atoms with Crippen molar-refractivity contribution in [3.63, 3.8) is 0 Å². The first kappa shape index (κ1) is 31.1. The second kappa shape index (κ2) is 13.1. The van der Waals surface area contributed by atoms with E-state index < -0.39 is 24.3 Å². The summed E-state index contributed by atoms with van der Waals surface area (Å²) >= 11 is 1.73. The summed E-state index contributed by atoms with van der Waals surface area (Å²) in [6.07, 6.45) is -6.11. The lowest BCUT2D eigenvalue weighted by atomic mass is 9.97. The van der Waals surface area contributed by atoms with Gasteiger partial charge in [-0.1, -0.05) is 0 Å². The summed E-state index contributed by atoms with van der Waals surface area (Å²) in [4.78, 5) is 24.7. The van der Waals surface area contributed by atoms with Gasteiger partial charge in [0.05, 0.1) is 31.9 Å². The van der Waals surface area contributed by atoms with E-state index in [1.54, 1.807) is 18.4 Å². The van der Waals surface area contributed by atoms with Crippen molar-refractivity contribution < 1.29 is 55.6 Å². The number of likely N-dealkylation sites (tertiary alicyclic amines) is 1. The van der Waals surface area contributed by atoms with E-state index in [0.29, 0.717) is 6.04 Å². The number of hydrogen-bond donors (Lipinski definition) is 3. The first-order valence-corrected chi connectivity index (χ1v) is 11.8. The highest BCUT2D eigenvalue weighted by Crippen LogP contribution is 2.37. The number of thiazole rings is 1. The van der Waals surface area contributed by atoms with Gasteiger partial charge in [0.15, 0.2) is 0 Å². The summed E-state index contributed by atoms with van der Waals surface area (Å²) in [5, 5.41) is 21.1. The Bertz CT molecular complexity index is 1010. The van der Waals surface area contributed by atoms with Gasteiger partial charge < -0.3 is 25.0 Å². The zero-order valence-electron chi connectivity index (χ0n) is 19.9. The number of ether oxygens (including phenoxy) is 2. The molecule has 2 fully saturated rings. The van der Waals surface area contributed by atoms with Gasteiger partial charge in [0, 0.05) is 36.8 Å². The zero-order valence-corrected chi connectivity index (χ0v) is 20.7. The van der Waals surface area contributed by atoms with Gasteiger partial charge in [-0.05, 0) is 30.7 Å². The SMILES string of the molecule is COc1ccc(NC2COC3(CCN(Cc4nccs4)C3)C2)cc1.O=C(O)C(F)(F)F.O=C(O)C(F)(F)F. The Morgan fingerprint density at radius 2 is 1.74 bits per heavy atom. The molecule has 212 valence electrons. The van der Waals surface area contributed by atoms with Gasteiger partial charge in [-0.25, -0.2) is 14.6 Å². The molecule has 3 heterocycles. The average molecular weight is 574 g/mol. The minimum absolute atomic E-state index is 0.0153. The van der Waals surface area contributed by atoms with Crippen LogP contribution in [-0.2, 0) is 20.9 Å². The summed E-state index contributed by atoms with van der Waals surface area (Å²) < 4.78 is 74.9. The Hall–Kier alpha value is -3.11. The van der Waals surface area contributed by atoms with Crippen molar-refractivity contribution in [2.45, 2.75) is 43.4 Å². The molecule has 3 N–H and O–H groups in total. The number of nitrogens with one attached hydrogen (secondary N) is 1. The highest BCUT2D eigenvalue weighted by molar-refractivity contribution is 7.09. The predicted molar refractivity (Wildman–Crippen MR) is 123 cm³/mol. The number of nitrogens with zero attached hydrogens (tertiary/aromatic N) is 2. The normalized spacial score (nSPS) is 21.2. The first-order valence-electron chi connectivity index (χ1n) is 10.9. The Morgan fingerprint density at radius 3 is 2.21 bits per heavy atom. The number of anilines is 1. The largest absolute Gasteiger partial charge is 0.497 e. The Labute approximate surface area is 217 Å². The highest BCUT2D eigenvalue weighted by Gasteiger charge is 2.45. The zero-order chi connectivity index (χ0) is 28.6. The molecule has 0 saturated carbocycles. The molecule has 9 nitrogen and oxygen atoms in total. The van der Waals surface area contributed by atoms with E-state index in [2.05, 4.69) is 27.3 Å².